The zero-order chi connectivity index (χ0) is 14.9. The van der Waals surface area contributed by atoms with Crippen LogP contribution < -0.4 is 0 Å². The van der Waals surface area contributed by atoms with E-state index in [-0.39, 0.29) is 5.82 Å². The smallest absolute Gasteiger partial charge is 0.123 e. The summed E-state index contributed by atoms with van der Waals surface area (Å²) in [6, 6.07) is 10.9. The van der Waals surface area contributed by atoms with E-state index in [2.05, 4.69) is 15.2 Å². The van der Waals surface area contributed by atoms with E-state index >= 15 is 0 Å². The Bertz CT molecular complexity index is 765. The average Bonchev–Trinajstić information content (AvgIpc) is 2.98. The van der Waals surface area contributed by atoms with Crippen molar-refractivity contribution in [3.63, 3.8) is 0 Å². The number of hydrogen-bond acceptors (Lipinski definition) is 2. The molecule has 0 bridgehead atoms. The second-order valence-corrected chi connectivity index (χ2v) is 5.78. The molecule has 2 unspecified atom stereocenters. The molecule has 0 saturated heterocycles. The predicted molar refractivity (Wildman–Crippen MR) is 82.9 cm³/mol. The van der Waals surface area contributed by atoms with Crippen molar-refractivity contribution in [1.29, 1.82) is 0 Å². The molecule has 0 aliphatic heterocycles. The third-order valence-electron chi connectivity index (χ3n) is 4.60. The molecule has 3 aromatic rings. The Morgan fingerprint density at radius 3 is 2.36 bits per heavy atom. The summed E-state index contributed by atoms with van der Waals surface area (Å²) in [6.45, 7) is 0. The van der Waals surface area contributed by atoms with E-state index in [1.54, 1.807) is 24.5 Å². The van der Waals surface area contributed by atoms with E-state index in [0.29, 0.717) is 11.8 Å². The standard InChI is InChI=1S/C18H16FN3/c19-14-3-1-12(2-4-14)15-5-6-16(15)18-17(11-21-22-18)13-7-9-20-10-8-13/h1-4,7-11,15-16H,5-6H2,(H,21,22). The predicted octanol–water partition coefficient (Wildman–Crippen LogP) is 4.27. The Balaban J connectivity index is 1.66. The summed E-state index contributed by atoms with van der Waals surface area (Å²) in [7, 11) is 0. The molecule has 3 nitrogen and oxygen atoms in total. The fourth-order valence-corrected chi connectivity index (χ4v) is 3.29. The highest BCUT2D eigenvalue weighted by atomic mass is 19.1. The van der Waals surface area contributed by atoms with Crippen molar-refractivity contribution in [3.8, 4) is 11.1 Å². The van der Waals surface area contributed by atoms with Gasteiger partial charge in [-0.3, -0.25) is 10.1 Å². The van der Waals surface area contributed by atoms with Crippen LogP contribution in [0.4, 0.5) is 4.39 Å². The Labute approximate surface area is 128 Å². The zero-order valence-electron chi connectivity index (χ0n) is 12.0. The van der Waals surface area contributed by atoms with Crippen LogP contribution in [0.25, 0.3) is 11.1 Å². The normalized spacial score (nSPS) is 20.6. The van der Waals surface area contributed by atoms with Crippen LogP contribution in [0.3, 0.4) is 0 Å². The van der Waals surface area contributed by atoms with Gasteiger partial charge >= 0.3 is 0 Å². The van der Waals surface area contributed by atoms with Gasteiger partial charge in [-0.05, 0) is 54.2 Å². The van der Waals surface area contributed by atoms with Crippen LogP contribution >= 0.6 is 0 Å². The molecular weight excluding hydrogens is 277 g/mol. The van der Waals surface area contributed by atoms with Crippen molar-refractivity contribution in [1.82, 2.24) is 15.2 Å². The number of hydrogen-bond donors (Lipinski definition) is 1. The van der Waals surface area contributed by atoms with Crippen LogP contribution in [0.5, 0.6) is 0 Å². The van der Waals surface area contributed by atoms with Gasteiger partial charge in [0.2, 0.25) is 0 Å². The number of nitrogens with one attached hydrogen (secondary N) is 1. The molecule has 1 N–H and O–H groups in total. The molecule has 22 heavy (non-hydrogen) atoms. The monoisotopic (exact) mass is 293 g/mol. The Morgan fingerprint density at radius 2 is 1.68 bits per heavy atom. The second kappa shape index (κ2) is 5.37. The van der Waals surface area contributed by atoms with Gasteiger partial charge in [0.05, 0.1) is 6.20 Å². The van der Waals surface area contributed by atoms with Crippen molar-refractivity contribution in [3.05, 3.63) is 72.1 Å². The van der Waals surface area contributed by atoms with Gasteiger partial charge in [-0.1, -0.05) is 12.1 Å². The molecule has 2 atom stereocenters. The van der Waals surface area contributed by atoms with Crippen molar-refractivity contribution in [2.24, 2.45) is 0 Å². The van der Waals surface area contributed by atoms with Gasteiger partial charge in [0, 0.05) is 29.6 Å². The molecule has 0 radical (unpaired) electrons. The summed E-state index contributed by atoms with van der Waals surface area (Å²) in [5.74, 6) is 0.663. The van der Waals surface area contributed by atoms with Crippen molar-refractivity contribution >= 4 is 0 Å². The molecule has 4 heteroatoms. The Morgan fingerprint density at radius 1 is 0.955 bits per heavy atom. The summed E-state index contributed by atoms with van der Waals surface area (Å²) < 4.78 is 13.1. The Kier molecular flexibility index (Phi) is 3.22. The highest BCUT2D eigenvalue weighted by Gasteiger charge is 2.35. The van der Waals surface area contributed by atoms with Crippen LogP contribution in [0.15, 0.2) is 55.0 Å². The third-order valence-corrected chi connectivity index (χ3v) is 4.60. The lowest BCUT2D eigenvalue weighted by molar-refractivity contribution is 0.340. The first-order valence-corrected chi connectivity index (χ1v) is 7.52. The van der Waals surface area contributed by atoms with Crippen molar-refractivity contribution < 1.29 is 4.39 Å². The van der Waals surface area contributed by atoms with E-state index in [1.165, 1.54) is 11.3 Å². The van der Waals surface area contributed by atoms with Gasteiger partial charge < -0.3 is 0 Å². The highest BCUT2D eigenvalue weighted by Crippen LogP contribution is 2.50. The number of H-pyrrole nitrogens is 1. The molecule has 1 aliphatic carbocycles. The molecule has 2 aromatic heterocycles. The molecule has 0 spiro atoms. The maximum absolute atomic E-state index is 13.1. The van der Waals surface area contributed by atoms with Gasteiger partial charge in [-0.2, -0.15) is 5.10 Å². The number of pyridine rings is 1. The lowest BCUT2D eigenvalue weighted by Crippen LogP contribution is -2.22. The van der Waals surface area contributed by atoms with Gasteiger partial charge in [-0.15, -0.1) is 0 Å². The summed E-state index contributed by atoms with van der Waals surface area (Å²) in [6.07, 6.45) is 7.73. The fraction of sp³-hybridized carbons (Fsp3) is 0.222. The maximum Gasteiger partial charge on any atom is 0.123 e. The number of benzene rings is 1. The SMILES string of the molecule is Fc1ccc(C2CCC2c2[nH]ncc2-c2ccncc2)cc1. The minimum atomic E-state index is -0.182. The number of aromatic amines is 1. The first-order valence-electron chi connectivity index (χ1n) is 7.52. The molecular formula is C18H16FN3. The quantitative estimate of drug-likeness (QED) is 0.783. The maximum atomic E-state index is 13.1. The van der Waals surface area contributed by atoms with Crippen molar-refractivity contribution in [2.75, 3.05) is 0 Å². The zero-order valence-corrected chi connectivity index (χ0v) is 12.0. The van der Waals surface area contributed by atoms with Crippen LogP contribution in [0.1, 0.15) is 35.9 Å². The Hall–Kier alpha value is -2.49. The van der Waals surface area contributed by atoms with Gasteiger partial charge in [0.25, 0.3) is 0 Å². The first-order chi connectivity index (χ1) is 10.8. The number of aromatic nitrogens is 3. The number of rotatable bonds is 3. The second-order valence-electron chi connectivity index (χ2n) is 5.78. The molecule has 1 aliphatic rings. The molecule has 4 rings (SSSR count). The lowest BCUT2D eigenvalue weighted by atomic mass is 9.67. The molecule has 110 valence electrons. The summed E-state index contributed by atoms with van der Waals surface area (Å²) >= 11 is 0. The van der Waals surface area contributed by atoms with E-state index in [1.807, 2.05) is 30.5 Å². The minimum absolute atomic E-state index is 0.182. The number of halogens is 1. The summed E-state index contributed by atoms with van der Waals surface area (Å²) in [5, 5.41) is 7.41. The lowest BCUT2D eigenvalue weighted by Gasteiger charge is -2.37. The van der Waals surface area contributed by atoms with Crippen LogP contribution in [0, 0.1) is 5.82 Å². The van der Waals surface area contributed by atoms with E-state index in [9.17, 15) is 4.39 Å². The summed E-state index contributed by atoms with van der Waals surface area (Å²) in [4.78, 5) is 4.07. The van der Waals surface area contributed by atoms with Crippen LogP contribution in [-0.4, -0.2) is 15.2 Å². The van der Waals surface area contributed by atoms with Crippen molar-refractivity contribution in [2.45, 2.75) is 24.7 Å². The van der Waals surface area contributed by atoms with Gasteiger partial charge in [0.1, 0.15) is 5.82 Å². The summed E-state index contributed by atoms with van der Waals surface area (Å²) in [5.41, 5.74) is 4.64. The molecule has 1 aromatic carbocycles. The molecule has 1 saturated carbocycles. The number of nitrogens with zero attached hydrogens (tertiary/aromatic N) is 2. The molecule has 0 amide bonds. The third kappa shape index (κ3) is 2.21. The van der Waals surface area contributed by atoms with Crippen LogP contribution in [-0.2, 0) is 0 Å². The largest absolute Gasteiger partial charge is 0.282 e. The van der Waals surface area contributed by atoms with E-state index in [0.717, 1.165) is 24.0 Å². The minimum Gasteiger partial charge on any atom is -0.282 e. The topological polar surface area (TPSA) is 41.6 Å². The van der Waals surface area contributed by atoms with E-state index in [4.69, 9.17) is 0 Å². The fourth-order valence-electron chi connectivity index (χ4n) is 3.29. The van der Waals surface area contributed by atoms with Crippen LogP contribution in [0.2, 0.25) is 0 Å². The first kappa shape index (κ1) is 13.2. The average molecular weight is 293 g/mol. The van der Waals surface area contributed by atoms with Gasteiger partial charge in [-0.25, -0.2) is 4.39 Å². The van der Waals surface area contributed by atoms with Gasteiger partial charge in [0.15, 0.2) is 0 Å². The molecule has 2 heterocycles. The molecule has 1 fully saturated rings. The van der Waals surface area contributed by atoms with E-state index < -0.39 is 0 Å². The highest BCUT2D eigenvalue weighted by molar-refractivity contribution is 5.65.